The van der Waals surface area contributed by atoms with E-state index in [1.807, 2.05) is 0 Å². The highest BCUT2D eigenvalue weighted by molar-refractivity contribution is 5.95. The van der Waals surface area contributed by atoms with Crippen molar-refractivity contribution < 1.29 is 36.3 Å². The average Bonchev–Trinajstić information content (AvgIpc) is 3.30. The molecule has 0 atom stereocenters. The number of benzene rings is 1. The number of esters is 1. The van der Waals surface area contributed by atoms with E-state index in [4.69, 9.17) is 4.42 Å². The zero-order valence-electron chi connectivity index (χ0n) is 16.7. The Morgan fingerprint density at radius 1 is 1.23 bits per heavy atom. The van der Waals surface area contributed by atoms with Crippen LogP contribution in [0.25, 0.3) is 5.69 Å². The molecule has 1 amide bonds. The fourth-order valence-electron chi connectivity index (χ4n) is 3.03. The van der Waals surface area contributed by atoms with Crippen LogP contribution in [-0.2, 0) is 17.5 Å². The summed E-state index contributed by atoms with van der Waals surface area (Å²) in [4.78, 5) is 25.4. The van der Waals surface area contributed by atoms with Crippen LogP contribution in [0.3, 0.4) is 0 Å². The van der Waals surface area contributed by atoms with E-state index in [-0.39, 0.29) is 23.6 Å². The van der Waals surface area contributed by atoms with Crippen molar-refractivity contribution >= 4 is 11.9 Å². The molecule has 0 saturated carbocycles. The molecule has 11 heteroatoms. The van der Waals surface area contributed by atoms with E-state index in [0.717, 1.165) is 23.2 Å². The molecule has 0 unspecified atom stereocenters. The molecule has 2 heterocycles. The van der Waals surface area contributed by atoms with Crippen molar-refractivity contribution in [3.63, 3.8) is 0 Å². The molecule has 0 fully saturated rings. The number of rotatable bonds is 5. The Kier molecular flexibility index (Phi) is 5.87. The van der Waals surface area contributed by atoms with Gasteiger partial charge in [-0.25, -0.2) is 13.9 Å². The van der Waals surface area contributed by atoms with Gasteiger partial charge in [-0.1, -0.05) is 12.1 Å². The van der Waals surface area contributed by atoms with Crippen LogP contribution in [0.2, 0.25) is 0 Å². The van der Waals surface area contributed by atoms with Crippen LogP contribution in [-0.4, -0.2) is 40.7 Å². The summed E-state index contributed by atoms with van der Waals surface area (Å²) in [5, 5.41) is 3.60. The van der Waals surface area contributed by atoms with Crippen molar-refractivity contribution in [3.8, 4) is 5.69 Å². The largest absolute Gasteiger partial charge is 0.465 e. The molecular weight excluding hydrogens is 422 g/mol. The maximum atomic E-state index is 14.1. The van der Waals surface area contributed by atoms with Crippen molar-refractivity contribution in [2.45, 2.75) is 19.6 Å². The molecule has 0 bridgehead atoms. The summed E-state index contributed by atoms with van der Waals surface area (Å²) in [5.74, 6) is -2.17. The fourth-order valence-corrected chi connectivity index (χ4v) is 3.03. The molecule has 3 aromatic rings. The van der Waals surface area contributed by atoms with Crippen LogP contribution in [0.5, 0.6) is 0 Å². The molecule has 0 saturated heterocycles. The van der Waals surface area contributed by atoms with E-state index < -0.39 is 40.8 Å². The van der Waals surface area contributed by atoms with Gasteiger partial charge in [0.25, 0.3) is 5.91 Å². The molecule has 0 aliphatic rings. The van der Waals surface area contributed by atoms with Crippen LogP contribution < -0.4 is 0 Å². The third-order valence-electron chi connectivity index (χ3n) is 4.46. The first-order valence-electron chi connectivity index (χ1n) is 8.87. The number of halogens is 4. The second kappa shape index (κ2) is 8.25. The van der Waals surface area contributed by atoms with Crippen molar-refractivity contribution in [2.75, 3.05) is 14.2 Å². The zero-order chi connectivity index (χ0) is 22.9. The number of furan rings is 1. The van der Waals surface area contributed by atoms with Crippen LogP contribution >= 0.6 is 0 Å². The summed E-state index contributed by atoms with van der Waals surface area (Å²) >= 11 is 0. The smallest absolute Gasteiger partial charge is 0.434 e. The van der Waals surface area contributed by atoms with E-state index in [1.165, 1.54) is 39.3 Å². The lowest BCUT2D eigenvalue weighted by molar-refractivity contribution is -0.143. The first kappa shape index (κ1) is 22.1. The van der Waals surface area contributed by atoms with Gasteiger partial charge in [0.1, 0.15) is 28.6 Å². The number of nitrogens with zero attached hydrogens (tertiary/aromatic N) is 3. The minimum Gasteiger partial charge on any atom is -0.465 e. The Hall–Kier alpha value is -3.63. The zero-order valence-corrected chi connectivity index (χ0v) is 16.7. The summed E-state index contributed by atoms with van der Waals surface area (Å²) in [6, 6.07) is 6.13. The molecular formula is C20H17F4N3O4. The Labute approximate surface area is 173 Å². The van der Waals surface area contributed by atoms with E-state index >= 15 is 0 Å². The summed E-state index contributed by atoms with van der Waals surface area (Å²) in [5.41, 5.74) is -2.46. The summed E-state index contributed by atoms with van der Waals surface area (Å²) in [7, 11) is 2.45. The van der Waals surface area contributed by atoms with Gasteiger partial charge in [-0.05, 0) is 25.1 Å². The van der Waals surface area contributed by atoms with Crippen molar-refractivity contribution in [1.29, 1.82) is 0 Å². The number of aryl methyl sites for hydroxylation is 1. The second-order valence-corrected chi connectivity index (χ2v) is 6.60. The number of carbonyl (C=O) groups excluding carboxylic acids is 2. The van der Waals surface area contributed by atoms with Crippen molar-refractivity contribution in [1.82, 2.24) is 14.7 Å². The molecule has 7 nitrogen and oxygen atoms in total. The first-order valence-corrected chi connectivity index (χ1v) is 8.87. The number of amides is 1. The maximum absolute atomic E-state index is 14.1. The van der Waals surface area contributed by atoms with Gasteiger partial charge in [0.05, 0.1) is 25.4 Å². The lowest BCUT2D eigenvalue weighted by atomic mass is 10.2. The average molecular weight is 439 g/mol. The number of alkyl halides is 3. The van der Waals surface area contributed by atoms with E-state index in [1.54, 1.807) is 0 Å². The monoisotopic (exact) mass is 439 g/mol. The van der Waals surface area contributed by atoms with Gasteiger partial charge < -0.3 is 14.1 Å². The number of hydrogen-bond donors (Lipinski definition) is 0. The van der Waals surface area contributed by atoms with Gasteiger partial charge in [0.2, 0.25) is 0 Å². The Balaban J connectivity index is 1.95. The highest BCUT2D eigenvalue weighted by atomic mass is 19.4. The van der Waals surface area contributed by atoms with Crippen LogP contribution in [0.15, 0.2) is 40.9 Å². The lowest BCUT2D eigenvalue weighted by Gasteiger charge is -2.17. The quantitative estimate of drug-likeness (QED) is 0.444. The fraction of sp³-hybridized carbons (Fsp3) is 0.250. The Bertz CT molecular complexity index is 1130. The molecule has 164 valence electrons. The third kappa shape index (κ3) is 4.30. The van der Waals surface area contributed by atoms with Gasteiger partial charge in [0, 0.05) is 7.05 Å². The molecule has 0 radical (unpaired) electrons. The first-order chi connectivity index (χ1) is 14.5. The molecule has 0 aliphatic carbocycles. The topological polar surface area (TPSA) is 77.6 Å². The number of ether oxygens (including phenoxy) is 1. The molecule has 2 aromatic heterocycles. The molecule has 31 heavy (non-hydrogen) atoms. The van der Waals surface area contributed by atoms with Gasteiger partial charge >= 0.3 is 12.1 Å². The SMILES string of the molecule is COC(=O)c1cc(CN(C)C(=O)c2cnn(-c3ccccc3F)c2C(F)(F)F)oc1C. The van der Waals surface area contributed by atoms with E-state index in [2.05, 4.69) is 9.84 Å². The summed E-state index contributed by atoms with van der Waals surface area (Å²) < 4.78 is 65.7. The van der Waals surface area contributed by atoms with Gasteiger partial charge in [0.15, 0.2) is 5.69 Å². The lowest BCUT2D eigenvalue weighted by Crippen LogP contribution is -2.28. The number of methoxy groups -OCH3 is 1. The van der Waals surface area contributed by atoms with E-state index in [0.29, 0.717) is 4.68 Å². The number of para-hydroxylation sites is 1. The molecule has 1 aromatic carbocycles. The number of aromatic nitrogens is 2. The van der Waals surface area contributed by atoms with Crippen molar-refractivity contribution in [2.24, 2.45) is 0 Å². The molecule has 0 spiro atoms. The summed E-state index contributed by atoms with van der Waals surface area (Å²) in [6.07, 6.45) is -4.24. The number of carbonyl (C=O) groups is 2. The third-order valence-corrected chi connectivity index (χ3v) is 4.46. The van der Waals surface area contributed by atoms with Gasteiger partial charge in [-0.2, -0.15) is 18.3 Å². The minimum atomic E-state index is -4.98. The maximum Gasteiger partial charge on any atom is 0.434 e. The predicted octanol–water partition coefficient (Wildman–Crippen LogP) is 3.99. The Morgan fingerprint density at radius 2 is 1.90 bits per heavy atom. The predicted molar refractivity (Wildman–Crippen MR) is 99.1 cm³/mol. The summed E-state index contributed by atoms with van der Waals surface area (Å²) in [6.45, 7) is 1.29. The standard InChI is InChI=1S/C20H17F4N3O4/c1-11-13(19(29)30-3)8-12(31-11)10-26(2)18(28)14-9-25-27(17(14)20(22,23)24)16-7-5-4-6-15(16)21/h4-9H,10H2,1-3H3. The minimum absolute atomic E-state index is 0.140. The highest BCUT2D eigenvalue weighted by Crippen LogP contribution is 2.34. The van der Waals surface area contributed by atoms with Gasteiger partial charge in [-0.3, -0.25) is 4.79 Å². The second-order valence-electron chi connectivity index (χ2n) is 6.60. The molecule has 0 aliphatic heterocycles. The van der Waals surface area contributed by atoms with Crippen molar-refractivity contribution in [3.05, 3.63) is 70.7 Å². The normalized spacial score (nSPS) is 11.5. The van der Waals surface area contributed by atoms with Gasteiger partial charge in [-0.15, -0.1) is 0 Å². The van der Waals surface area contributed by atoms with Crippen LogP contribution in [0, 0.1) is 12.7 Å². The molecule has 3 rings (SSSR count). The molecule has 0 N–H and O–H groups in total. The van der Waals surface area contributed by atoms with Crippen LogP contribution in [0.4, 0.5) is 17.6 Å². The van der Waals surface area contributed by atoms with Crippen LogP contribution in [0.1, 0.15) is 37.9 Å². The number of hydrogen-bond acceptors (Lipinski definition) is 5. The Morgan fingerprint density at radius 3 is 2.52 bits per heavy atom. The van der Waals surface area contributed by atoms with E-state index in [9.17, 15) is 27.2 Å². The highest BCUT2D eigenvalue weighted by Gasteiger charge is 2.41.